The molecule has 1 fully saturated rings. The number of ether oxygens (including phenoxy) is 2. The van der Waals surface area contributed by atoms with Crippen LogP contribution in [0.2, 0.25) is 5.02 Å². The number of hydroxylamine groups is 1. The van der Waals surface area contributed by atoms with Crippen LogP contribution in [0.1, 0.15) is 37.4 Å². The van der Waals surface area contributed by atoms with Crippen LogP contribution in [0.4, 0.5) is 13.2 Å². The lowest BCUT2D eigenvalue weighted by molar-refractivity contribution is -0.143. The first-order valence-corrected chi connectivity index (χ1v) is 12.6. The van der Waals surface area contributed by atoms with Crippen molar-refractivity contribution >= 4 is 28.4 Å². The number of alkyl halides is 1. The van der Waals surface area contributed by atoms with E-state index in [1.807, 2.05) is 4.90 Å². The van der Waals surface area contributed by atoms with Crippen LogP contribution in [0.25, 0.3) is 10.9 Å². The Morgan fingerprint density at radius 3 is 2.55 bits per heavy atom. The molecule has 1 atom stereocenters. The fourth-order valence-electron chi connectivity index (χ4n) is 4.98. The van der Waals surface area contributed by atoms with Crippen molar-refractivity contribution in [1.82, 2.24) is 15.4 Å². The zero-order valence-electron chi connectivity index (χ0n) is 20.9. The number of hydrogen-bond acceptors (Lipinski definition) is 6. The quantitative estimate of drug-likeness (QED) is 0.251. The molecule has 2 aromatic carbocycles. The molecule has 1 saturated heterocycles. The van der Waals surface area contributed by atoms with E-state index in [2.05, 4.69) is 4.98 Å². The van der Waals surface area contributed by atoms with Crippen molar-refractivity contribution in [3.63, 3.8) is 0 Å². The Bertz CT molecular complexity index is 1270. The highest BCUT2D eigenvalue weighted by atomic mass is 35.5. The molecule has 0 radical (unpaired) electrons. The number of fused-ring (bicyclic) bond motifs is 1. The van der Waals surface area contributed by atoms with Gasteiger partial charge in [-0.05, 0) is 57.0 Å². The molecule has 38 heavy (non-hydrogen) atoms. The van der Waals surface area contributed by atoms with Crippen LogP contribution in [0, 0.1) is 17.0 Å². The van der Waals surface area contributed by atoms with Gasteiger partial charge in [0, 0.05) is 41.9 Å². The van der Waals surface area contributed by atoms with E-state index in [1.54, 1.807) is 23.7 Å². The number of likely N-dealkylation sites (tertiary alicyclic amines) is 1. The zero-order chi connectivity index (χ0) is 27.3. The van der Waals surface area contributed by atoms with Crippen molar-refractivity contribution in [1.29, 1.82) is 0 Å². The largest absolute Gasteiger partial charge is 0.497 e. The Kier molecular flexibility index (Phi) is 8.96. The van der Waals surface area contributed by atoms with Gasteiger partial charge in [0.1, 0.15) is 35.9 Å². The van der Waals surface area contributed by atoms with Crippen molar-refractivity contribution < 1.29 is 32.6 Å². The van der Waals surface area contributed by atoms with E-state index in [9.17, 15) is 18.8 Å². The number of hydrogen-bond donors (Lipinski definition) is 2. The number of pyridine rings is 1. The number of rotatable bonds is 10. The molecule has 4 rings (SSSR count). The van der Waals surface area contributed by atoms with Crippen molar-refractivity contribution in [2.24, 2.45) is 5.41 Å². The molecule has 0 spiro atoms. The van der Waals surface area contributed by atoms with Gasteiger partial charge in [-0.15, -0.1) is 0 Å². The molecule has 11 heteroatoms. The van der Waals surface area contributed by atoms with Crippen LogP contribution in [0.5, 0.6) is 11.5 Å². The second-order valence-electron chi connectivity index (χ2n) is 9.43. The third-order valence-corrected chi connectivity index (χ3v) is 7.47. The number of nitrogens with zero attached hydrogens (tertiary/aromatic N) is 2. The minimum atomic E-state index is -1.47. The van der Waals surface area contributed by atoms with E-state index in [0.717, 1.165) is 18.2 Å². The highest BCUT2D eigenvalue weighted by Gasteiger charge is 2.41. The topological polar surface area (TPSA) is 83.9 Å². The molecule has 0 bridgehead atoms. The summed E-state index contributed by atoms with van der Waals surface area (Å²) in [5.41, 5.74) is 1.66. The zero-order valence-corrected chi connectivity index (χ0v) is 21.6. The molecular formula is C27H29ClF3N3O4. The van der Waals surface area contributed by atoms with Gasteiger partial charge in [-0.25, -0.2) is 18.7 Å². The monoisotopic (exact) mass is 551 g/mol. The van der Waals surface area contributed by atoms with Gasteiger partial charge in [0.2, 0.25) is 5.91 Å². The Labute approximate surface area is 223 Å². The SMILES string of the molecule is COc1ccc2ncc(Cl)c([C@H](F)CCC3(C(=O)NO)CCN(CCOc4cc(F)cc(F)c4)CC3)c2c1. The summed E-state index contributed by atoms with van der Waals surface area (Å²) in [6.07, 6.45) is 0.919. The van der Waals surface area contributed by atoms with Gasteiger partial charge in [0.15, 0.2) is 0 Å². The fraction of sp³-hybridized carbons (Fsp3) is 0.407. The summed E-state index contributed by atoms with van der Waals surface area (Å²) in [6.45, 7) is 1.68. The average molecular weight is 552 g/mol. The Morgan fingerprint density at radius 1 is 1.18 bits per heavy atom. The van der Waals surface area contributed by atoms with Crippen LogP contribution < -0.4 is 15.0 Å². The summed E-state index contributed by atoms with van der Waals surface area (Å²) in [5, 5.41) is 10.2. The predicted molar refractivity (Wildman–Crippen MR) is 136 cm³/mol. The van der Waals surface area contributed by atoms with E-state index in [1.165, 1.54) is 13.3 Å². The number of benzene rings is 2. The lowest BCUT2D eigenvalue weighted by Gasteiger charge is -2.40. The maximum atomic E-state index is 15.7. The first-order valence-electron chi connectivity index (χ1n) is 12.3. The number of halogens is 4. The summed E-state index contributed by atoms with van der Waals surface area (Å²) in [4.78, 5) is 19.0. The number of aromatic nitrogens is 1. The van der Waals surface area contributed by atoms with Crippen molar-refractivity contribution in [3.8, 4) is 11.5 Å². The molecule has 2 heterocycles. The van der Waals surface area contributed by atoms with Gasteiger partial charge in [-0.3, -0.25) is 19.9 Å². The first-order chi connectivity index (χ1) is 18.2. The normalized spacial score (nSPS) is 16.3. The third kappa shape index (κ3) is 6.31. The van der Waals surface area contributed by atoms with E-state index in [-0.39, 0.29) is 30.2 Å². The smallest absolute Gasteiger partial charge is 0.249 e. The molecule has 204 valence electrons. The summed E-state index contributed by atoms with van der Waals surface area (Å²) in [6, 6.07) is 8.13. The van der Waals surface area contributed by atoms with E-state index in [4.69, 9.17) is 21.1 Å². The van der Waals surface area contributed by atoms with Gasteiger partial charge in [-0.1, -0.05) is 11.6 Å². The highest BCUT2D eigenvalue weighted by molar-refractivity contribution is 6.32. The van der Waals surface area contributed by atoms with Gasteiger partial charge < -0.3 is 9.47 Å². The summed E-state index contributed by atoms with van der Waals surface area (Å²) in [5.74, 6) is -1.34. The Balaban J connectivity index is 1.39. The number of carbonyl (C=O) groups excluding carboxylic acids is 1. The van der Waals surface area contributed by atoms with Crippen LogP contribution in [-0.4, -0.2) is 54.3 Å². The molecule has 3 aromatic rings. The molecule has 1 aliphatic heterocycles. The minimum Gasteiger partial charge on any atom is -0.497 e. The predicted octanol–water partition coefficient (Wildman–Crippen LogP) is 5.63. The van der Waals surface area contributed by atoms with Gasteiger partial charge in [0.05, 0.1) is 23.1 Å². The first kappa shape index (κ1) is 27.9. The highest BCUT2D eigenvalue weighted by Crippen LogP contribution is 2.42. The van der Waals surface area contributed by atoms with Gasteiger partial charge >= 0.3 is 0 Å². The number of nitrogens with one attached hydrogen (secondary N) is 1. The standard InChI is InChI=1S/C27H29ClF3N3O4/c1-37-19-2-3-24-21(15-19)25(22(28)16-32-24)23(31)4-5-27(26(35)33-36)6-8-34(9-7-27)10-11-38-20-13-17(29)12-18(30)14-20/h2-3,12-16,23,36H,4-11H2,1H3,(H,33,35)/t23-/m1/s1. The fourth-order valence-corrected chi connectivity index (χ4v) is 5.25. The molecule has 1 amide bonds. The van der Waals surface area contributed by atoms with Crippen LogP contribution in [0.15, 0.2) is 42.6 Å². The molecule has 0 aliphatic carbocycles. The summed E-state index contributed by atoms with van der Waals surface area (Å²) >= 11 is 6.35. The van der Waals surface area contributed by atoms with Crippen molar-refractivity contribution in [2.75, 3.05) is 33.4 Å². The third-order valence-electron chi connectivity index (χ3n) is 7.17. The summed E-state index contributed by atoms with van der Waals surface area (Å²) < 4.78 is 53.1. The second kappa shape index (κ2) is 12.2. The van der Waals surface area contributed by atoms with Crippen LogP contribution in [0.3, 0.4) is 0 Å². The minimum absolute atomic E-state index is 0.0116. The van der Waals surface area contributed by atoms with E-state index >= 15 is 4.39 Å². The van der Waals surface area contributed by atoms with Gasteiger partial charge in [0.25, 0.3) is 0 Å². The molecule has 0 unspecified atom stereocenters. The molecule has 1 aliphatic rings. The molecule has 2 N–H and O–H groups in total. The lowest BCUT2D eigenvalue weighted by Crippen LogP contribution is -2.49. The van der Waals surface area contributed by atoms with Crippen molar-refractivity contribution in [2.45, 2.75) is 31.9 Å². The molecule has 0 saturated carbocycles. The molecular weight excluding hydrogens is 523 g/mol. The van der Waals surface area contributed by atoms with E-state index in [0.29, 0.717) is 54.7 Å². The maximum absolute atomic E-state index is 15.7. The lowest BCUT2D eigenvalue weighted by atomic mass is 9.73. The second-order valence-corrected chi connectivity index (χ2v) is 9.83. The van der Waals surface area contributed by atoms with Crippen molar-refractivity contribution in [3.05, 3.63) is 64.8 Å². The average Bonchev–Trinajstić information content (AvgIpc) is 2.91. The van der Waals surface area contributed by atoms with E-state index < -0.39 is 29.1 Å². The number of methoxy groups -OCH3 is 1. The van der Waals surface area contributed by atoms with Crippen LogP contribution >= 0.6 is 11.6 Å². The Hall–Kier alpha value is -3.08. The maximum Gasteiger partial charge on any atom is 0.249 e. The summed E-state index contributed by atoms with van der Waals surface area (Å²) in [7, 11) is 1.52. The number of amides is 1. The molecule has 1 aromatic heterocycles. The van der Waals surface area contributed by atoms with Gasteiger partial charge in [-0.2, -0.15) is 0 Å². The number of carbonyl (C=O) groups is 1. The molecule has 7 nitrogen and oxygen atoms in total. The Morgan fingerprint density at radius 2 is 1.89 bits per heavy atom. The number of piperidine rings is 1. The van der Waals surface area contributed by atoms with Crippen LogP contribution in [-0.2, 0) is 4.79 Å².